The highest BCUT2D eigenvalue weighted by atomic mass is 16.6. The fraction of sp³-hybridized carbons (Fsp3) is 0.636. The number of ether oxygens (including phenoxy) is 1. The van der Waals surface area contributed by atoms with Crippen LogP contribution >= 0.6 is 0 Å². The van der Waals surface area contributed by atoms with E-state index in [1.165, 1.54) is 6.42 Å². The molecule has 3 nitrogen and oxygen atoms in total. The van der Waals surface area contributed by atoms with Crippen molar-refractivity contribution in [1.82, 2.24) is 0 Å². The van der Waals surface area contributed by atoms with Gasteiger partial charge in [-0.1, -0.05) is 12.8 Å². The maximum Gasteiger partial charge on any atom is 0.143 e. The third-order valence-electron chi connectivity index (χ3n) is 3.41. The molecule has 0 spiro atoms. The second kappa shape index (κ2) is 2.84. The molecular weight excluding hydrogens is 180 g/mol. The Hall–Kier alpha value is -0.800. The molecule has 1 N–H and O–H groups in total. The molecule has 1 saturated heterocycles. The van der Waals surface area contributed by atoms with Crippen molar-refractivity contribution in [1.29, 1.82) is 0 Å². The fourth-order valence-corrected chi connectivity index (χ4v) is 2.55. The van der Waals surface area contributed by atoms with Crippen LogP contribution in [0.4, 0.5) is 0 Å². The van der Waals surface area contributed by atoms with Crippen molar-refractivity contribution in [3.8, 4) is 0 Å². The summed E-state index contributed by atoms with van der Waals surface area (Å²) in [5, 5.41) is 10.1. The van der Waals surface area contributed by atoms with Gasteiger partial charge in [-0.25, -0.2) is 0 Å². The second-order valence-electron chi connectivity index (χ2n) is 4.23. The molecule has 76 valence electrons. The summed E-state index contributed by atoms with van der Waals surface area (Å²) < 4.78 is 10.9. The Balaban J connectivity index is 1.83. The highest BCUT2D eigenvalue weighted by Gasteiger charge is 2.62. The number of epoxide rings is 1. The monoisotopic (exact) mass is 194 g/mol. The fourth-order valence-electron chi connectivity index (χ4n) is 2.55. The molecule has 3 atom stereocenters. The van der Waals surface area contributed by atoms with E-state index in [1.807, 2.05) is 6.07 Å². The van der Waals surface area contributed by atoms with E-state index >= 15 is 0 Å². The van der Waals surface area contributed by atoms with Gasteiger partial charge in [0.25, 0.3) is 0 Å². The Bertz CT molecular complexity index is 319. The number of aliphatic hydroxyl groups excluding tert-OH is 1. The predicted molar refractivity (Wildman–Crippen MR) is 49.7 cm³/mol. The molecule has 0 aromatic carbocycles. The zero-order valence-electron chi connectivity index (χ0n) is 7.98. The Morgan fingerprint density at radius 3 is 3.14 bits per heavy atom. The third kappa shape index (κ3) is 1.06. The predicted octanol–water partition coefficient (Wildman–Crippen LogP) is 2.02. The molecule has 0 amide bonds. The molecular formula is C11H14O3. The van der Waals surface area contributed by atoms with Gasteiger partial charge in [-0.2, -0.15) is 0 Å². The van der Waals surface area contributed by atoms with E-state index in [0.717, 1.165) is 19.3 Å². The van der Waals surface area contributed by atoms with Crippen LogP contribution in [0.15, 0.2) is 22.8 Å². The van der Waals surface area contributed by atoms with Crippen LogP contribution in [-0.4, -0.2) is 16.8 Å². The number of hydrogen-bond acceptors (Lipinski definition) is 3. The second-order valence-corrected chi connectivity index (χ2v) is 4.23. The molecule has 2 fully saturated rings. The summed E-state index contributed by atoms with van der Waals surface area (Å²) in [6, 6.07) is 3.61. The highest BCUT2D eigenvalue weighted by molar-refractivity contribution is 5.17. The lowest BCUT2D eigenvalue weighted by Gasteiger charge is -2.21. The van der Waals surface area contributed by atoms with E-state index in [2.05, 4.69) is 0 Å². The Morgan fingerprint density at radius 1 is 1.50 bits per heavy atom. The minimum atomic E-state index is -0.581. The van der Waals surface area contributed by atoms with Crippen molar-refractivity contribution in [2.45, 2.75) is 43.5 Å². The summed E-state index contributed by atoms with van der Waals surface area (Å²) in [7, 11) is 0. The van der Waals surface area contributed by atoms with Crippen LogP contribution in [0.5, 0.6) is 0 Å². The molecule has 14 heavy (non-hydrogen) atoms. The zero-order chi connectivity index (χ0) is 9.60. The molecule has 1 aliphatic heterocycles. The maximum absolute atomic E-state index is 10.1. The van der Waals surface area contributed by atoms with Gasteiger partial charge in [0.1, 0.15) is 17.5 Å². The van der Waals surface area contributed by atoms with Gasteiger partial charge in [0.15, 0.2) is 0 Å². The Kier molecular flexibility index (Phi) is 1.73. The molecule has 1 aliphatic carbocycles. The van der Waals surface area contributed by atoms with Gasteiger partial charge in [-0.05, 0) is 25.0 Å². The largest absolute Gasteiger partial charge is 0.466 e. The lowest BCUT2D eigenvalue weighted by Crippen LogP contribution is -2.27. The first-order valence-electron chi connectivity index (χ1n) is 5.22. The normalized spacial score (nSPS) is 37.6. The molecule has 1 saturated carbocycles. The summed E-state index contributed by atoms with van der Waals surface area (Å²) >= 11 is 0. The molecule has 1 aromatic rings. The van der Waals surface area contributed by atoms with Crippen LogP contribution in [0.3, 0.4) is 0 Å². The van der Waals surface area contributed by atoms with Crippen molar-refractivity contribution in [3.63, 3.8) is 0 Å². The first-order valence-corrected chi connectivity index (χ1v) is 5.22. The van der Waals surface area contributed by atoms with Crippen LogP contribution in [0.1, 0.15) is 37.5 Å². The van der Waals surface area contributed by atoms with Gasteiger partial charge in [0.05, 0.1) is 12.4 Å². The molecule has 3 rings (SSSR count). The molecule has 0 unspecified atom stereocenters. The Morgan fingerprint density at radius 2 is 2.43 bits per heavy atom. The lowest BCUT2D eigenvalue weighted by atomic mass is 9.84. The van der Waals surface area contributed by atoms with Crippen molar-refractivity contribution in [3.05, 3.63) is 24.2 Å². The standard InChI is InChI=1S/C11H14O3/c12-10(8-4-3-7-13-8)11-6-2-1-5-9(11)14-11/h3-4,7,9-10,12H,1-2,5-6H2/t9-,10-,11+/m0/s1. The number of furan rings is 1. The maximum atomic E-state index is 10.1. The lowest BCUT2D eigenvalue weighted by molar-refractivity contribution is 0.0495. The van der Waals surface area contributed by atoms with Crippen LogP contribution in [0, 0.1) is 0 Å². The molecule has 0 radical (unpaired) electrons. The Labute approximate surface area is 82.7 Å². The molecule has 3 heteroatoms. The first kappa shape index (κ1) is 8.50. The van der Waals surface area contributed by atoms with Crippen LogP contribution in [0.2, 0.25) is 0 Å². The van der Waals surface area contributed by atoms with Gasteiger partial charge in [-0.3, -0.25) is 0 Å². The van der Waals surface area contributed by atoms with Crippen molar-refractivity contribution < 1.29 is 14.3 Å². The van der Waals surface area contributed by atoms with E-state index in [0.29, 0.717) is 5.76 Å². The minimum absolute atomic E-state index is 0.261. The topological polar surface area (TPSA) is 45.9 Å². The van der Waals surface area contributed by atoms with Gasteiger partial charge in [-0.15, -0.1) is 0 Å². The van der Waals surface area contributed by atoms with E-state index in [-0.39, 0.29) is 11.7 Å². The average Bonchev–Trinajstić information content (AvgIpc) is 2.73. The summed E-state index contributed by atoms with van der Waals surface area (Å²) in [5.41, 5.74) is -0.309. The average molecular weight is 194 g/mol. The molecule has 2 aliphatic rings. The number of aliphatic hydroxyl groups is 1. The van der Waals surface area contributed by atoms with Crippen LogP contribution in [0.25, 0.3) is 0 Å². The first-order chi connectivity index (χ1) is 6.83. The van der Waals surface area contributed by atoms with Gasteiger partial charge >= 0.3 is 0 Å². The van der Waals surface area contributed by atoms with E-state index in [1.54, 1.807) is 12.3 Å². The number of rotatable bonds is 2. The van der Waals surface area contributed by atoms with E-state index in [4.69, 9.17) is 9.15 Å². The van der Waals surface area contributed by atoms with E-state index in [9.17, 15) is 5.11 Å². The third-order valence-corrected chi connectivity index (χ3v) is 3.41. The van der Waals surface area contributed by atoms with Crippen molar-refractivity contribution >= 4 is 0 Å². The van der Waals surface area contributed by atoms with E-state index < -0.39 is 6.10 Å². The van der Waals surface area contributed by atoms with Gasteiger partial charge in [0.2, 0.25) is 0 Å². The quantitative estimate of drug-likeness (QED) is 0.732. The molecule has 0 bridgehead atoms. The molecule has 2 heterocycles. The van der Waals surface area contributed by atoms with Crippen molar-refractivity contribution in [2.75, 3.05) is 0 Å². The summed E-state index contributed by atoms with van der Waals surface area (Å²) in [4.78, 5) is 0. The van der Waals surface area contributed by atoms with Crippen LogP contribution < -0.4 is 0 Å². The minimum Gasteiger partial charge on any atom is -0.466 e. The summed E-state index contributed by atoms with van der Waals surface area (Å²) in [5.74, 6) is 0.634. The summed E-state index contributed by atoms with van der Waals surface area (Å²) in [6.45, 7) is 0. The van der Waals surface area contributed by atoms with Gasteiger partial charge in [0, 0.05) is 0 Å². The molecule has 1 aromatic heterocycles. The zero-order valence-corrected chi connectivity index (χ0v) is 7.98. The number of hydrogen-bond donors (Lipinski definition) is 1. The van der Waals surface area contributed by atoms with Crippen molar-refractivity contribution in [2.24, 2.45) is 0 Å². The summed E-state index contributed by atoms with van der Waals surface area (Å²) in [6.07, 6.45) is 5.68. The SMILES string of the molecule is O[C@@H](c1ccco1)[C@@]12CCCC[C@@H]1O2. The smallest absolute Gasteiger partial charge is 0.143 e. The highest BCUT2D eigenvalue weighted by Crippen LogP contribution is 2.54. The number of fused-ring (bicyclic) bond motifs is 1. The van der Waals surface area contributed by atoms with Crippen LogP contribution in [-0.2, 0) is 4.74 Å². The van der Waals surface area contributed by atoms with Gasteiger partial charge < -0.3 is 14.3 Å².